The molecular formula is C8H10ClNO2. The molecule has 12 heavy (non-hydrogen) atoms. The Morgan fingerprint density at radius 1 is 1.67 bits per heavy atom. The van der Waals surface area contributed by atoms with Crippen molar-refractivity contribution >= 4 is 23.4 Å². The van der Waals surface area contributed by atoms with E-state index in [1.54, 1.807) is 12.1 Å². The molecule has 1 rings (SSSR count). The molecule has 1 aromatic heterocycles. The molecule has 3 nitrogen and oxygen atoms in total. The monoisotopic (exact) mass is 187 g/mol. The number of nitrogens with one attached hydrogen (secondary N) is 1. The topological polar surface area (TPSA) is 42.2 Å². The van der Waals surface area contributed by atoms with Gasteiger partial charge in [0.2, 0.25) is 5.91 Å². The molecule has 1 aromatic rings. The third-order valence-electron chi connectivity index (χ3n) is 1.32. The number of amides is 1. The molecule has 0 bridgehead atoms. The first kappa shape index (κ1) is 9.13. The van der Waals surface area contributed by atoms with Gasteiger partial charge in [0, 0.05) is 18.4 Å². The minimum atomic E-state index is -0.126. The average molecular weight is 188 g/mol. The number of rotatable bonds is 3. The van der Waals surface area contributed by atoms with Gasteiger partial charge >= 0.3 is 0 Å². The van der Waals surface area contributed by atoms with Crippen molar-refractivity contribution in [3.8, 4) is 0 Å². The van der Waals surface area contributed by atoms with Crippen molar-refractivity contribution < 1.29 is 9.21 Å². The number of hydrogen-bond donors (Lipinski definition) is 1. The van der Waals surface area contributed by atoms with Gasteiger partial charge < -0.3 is 4.42 Å². The molecule has 0 radical (unpaired) electrons. The fraction of sp³-hybridized carbons (Fsp3) is 0.375. The Morgan fingerprint density at radius 3 is 2.92 bits per heavy atom. The molecule has 0 atom stereocenters. The molecule has 1 heterocycles. The molecule has 4 heteroatoms. The van der Waals surface area contributed by atoms with E-state index in [4.69, 9.17) is 16.0 Å². The van der Waals surface area contributed by atoms with Crippen LogP contribution < -0.4 is 5.32 Å². The van der Waals surface area contributed by atoms with Crippen molar-refractivity contribution in [2.24, 2.45) is 0 Å². The number of carbonyl (C=O) groups excluding carboxylic acids is 1. The van der Waals surface area contributed by atoms with E-state index in [2.05, 4.69) is 5.32 Å². The van der Waals surface area contributed by atoms with E-state index in [1.165, 1.54) is 0 Å². The second-order valence-corrected chi connectivity index (χ2v) is 2.78. The van der Waals surface area contributed by atoms with Gasteiger partial charge in [0.15, 0.2) is 5.88 Å². The summed E-state index contributed by atoms with van der Waals surface area (Å²) in [6.45, 7) is 1.82. The Hall–Kier alpha value is -0.960. The Kier molecular flexibility index (Phi) is 3.17. The smallest absolute Gasteiger partial charge is 0.227 e. The molecule has 0 saturated carbocycles. The van der Waals surface area contributed by atoms with Gasteiger partial charge in [-0.15, -0.1) is 11.6 Å². The highest BCUT2D eigenvalue weighted by Crippen LogP contribution is 2.11. The molecule has 0 aliphatic rings. The summed E-state index contributed by atoms with van der Waals surface area (Å²) in [5, 5.41) is 2.57. The van der Waals surface area contributed by atoms with Gasteiger partial charge in [-0.05, 0) is 13.0 Å². The summed E-state index contributed by atoms with van der Waals surface area (Å²) in [5.74, 6) is 1.45. The van der Waals surface area contributed by atoms with E-state index in [9.17, 15) is 4.79 Å². The third kappa shape index (κ3) is 2.58. The van der Waals surface area contributed by atoms with Gasteiger partial charge in [-0.1, -0.05) is 0 Å². The van der Waals surface area contributed by atoms with Crippen LogP contribution in [0.2, 0.25) is 0 Å². The van der Waals surface area contributed by atoms with Crippen LogP contribution in [0.15, 0.2) is 16.5 Å². The molecule has 0 aliphatic carbocycles. The van der Waals surface area contributed by atoms with Crippen molar-refractivity contribution in [1.82, 2.24) is 0 Å². The quantitative estimate of drug-likeness (QED) is 0.737. The number of hydrogen-bond acceptors (Lipinski definition) is 2. The largest absolute Gasteiger partial charge is 0.446 e. The molecule has 66 valence electrons. The second kappa shape index (κ2) is 4.16. The maximum atomic E-state index is 11.0. The van der Waals surface area contributed by atoms with Gasteiger partial charge in [-0.3, -0.25) is 10.1 Å². The van der Waals surface area contributed by atoms with Crippen LogP contribution >= 0.6 is 11.6 Å². The lowest BCUT2D eigenvalue weighted by atomic mass is 10.4. The highest BCUT2D eigenvalue weighted by Gasteiger charge is 2.03. The van der Waals surface area contributed by atoms with E-state index in [1.807, 2.05) is 6.92 Å². The standard InChI is InChI=1S/C8H10ClNO2/c1-6-2-3-8(12-6)10-7(11)4-5-9/h2-3H,4-5H2,1H3,(H,10,11). The van der Waals surface area contributed by atoms with Gasteiger partial charge in [-0.25, -0.2) is 0 Å². The van der Waals surface area contributed by atoms with Gasteiger partial charge in [0.25, 0.3) is 0 Å². The summed E-state index contributed by atoms with van der Waals surface area (Å²) in [7, 11) is 0. The predicted octanol–water partition coefficient (Wildman–Crippen LogP) is 2.16. The zero-order valence-corrected chi connectivity index (χ0v) is 7.52. The van der Waals surface area contributed by atoms with E-state index < -0.39 is 0 Å². The zero-order valence-electron chi connectivity index (χ0n) is 6.76. The average Bonchev–Trinajstić information content (AvgIpc) is 2.36. The highest BCUT2D eigenvalue weighted by molar-refractivity contribution is 6.19. The number of halogens is 1. The van der Waals surface area contributed by atoms with Crippen LogP contribution in [-0.4, -0.2) is 11.8 Å². The fourth-order valence-electron chi connectivity index (χ4n) is 0.787. The fourth-order valence-corrected chi connectivity index (χ4v) is 0.959. The number of furan rings is 1. The van der Waals surface area contributed by atoms with Crippen molar-refractivity contribution in [3.05, 3.63) is 17.9 Å². The first-order chi connectivity index (χ1) is 5.72. The molecule has 0 unspecified atom stereocenters. The maximum absolute atomic E-state index is 11.0. The van der Waals surface area contributed by atoms with Crippen LogP contribution in [0, 0.1) is 6.92 Å². The van der Waals surface area contributed by atoms with Crippen molar-refractivity contribution in [1.29, 1.82) is 0 Å². The van der Waals surface area contributed by atoms with E-state index in [0.29, 0.717) is 18.2 Å². The van der Waals surface area contributed by atoms with Crippen LogP contribution in [-0.2, 0) is 4.79 Å². The van der Waals surface area contributed by atoms with Crippen molar-refractivity contribution in [2.75, 3.05) is 11.2 Å². The molecule has 0 fully saturated rings. The van der Waals surface area contributed by atoms with E-state index >= 15 is 0 Å². The predicted molar refractivity (Wildman–Crippen MR) is 47.4 cm³/mol. The van der Waals surface area contributed by atoms with Crippen LogP contribution in [0.25, 0.3) is 0 Å². The first-order valence-corrected chi connectivity index (χ1v) is 4.18. The lowest BCUT2D eigenvalue weighted by Gasteiger charge is -1.97. The Balaban J connectivity index is 2.46. The van der Waals surface area contributed by atoms with Crippen molar-refractivity contribution in [3.63, 3.8) is 0 Å². The number of aryl methyl sites for hydroxylation is 1. The lowest BCUT2D eigenvalue weighted by molar-refractivity contribution is -0.115. The van der Waals surface area contributed by atoms with Crippen LogP contribution in [0.3, 0.4) is 0 Å². The minimum absolute atomic E-state index is 0.126. The van der Waals surface area contributed by atoms with Gasteiger partial charge in [0.1, 0.15) is 5.76 Å². The number of anilines is 1. The summed E-state index contributed by atoms with van der Waals surface area (Å²) in [4.78, 5) is 11.0. The van der Waals surface area contributed by atoms with Crippen molar-refractivity contribution in [2.45, 2.75) is 13.3 Å². The summed E-state index contributed by atoms with van der Waals surface area (Å²) in [6, 6.07) is 3.50. The molecule has 0 aliphatic heterocycles. The highest BCUT2D eigenvalue weighted by atomic mass is 35.5. The Labute approximate surface area is 75.7 Å². The Bertz CT molecular complexity index is 270. The maximum Gasteiger partial charge on any atom is 0.227 e. The normalized spacial score (nSPS) is 9.83. The Morgan fingerprint density at radius 2 is 2.42 bits per heavy atom. The first-order valence-electron chi connectivity index (χ1n) is 3.64. The lowest BCUT2D eigenvalue weighted by Crippen LogP contribution is -2.10. The summed E-state index contributed by atoms with van der Waals surface area (Å²) in [6.07, 6.45) is 0.307. The molecule has 1 amide bonds. The molecule has 1 N–H and O–H groups in total. The summed E-state index contributed by atoms with van der Waals surface area (Å²) >= 11 is 5.38. The van der Waals surface area contributed by atoms with Crippen LogP contribution in [0.4, 0.5) is 5.88 Å². The number of carbonyl (C=O) groups is 1. The zero-order chi connectivity index (χ0) is 8.97. The third-order valence-corrected chi connectivity index (χ3v) is 1.51. The van der Waals surface area contributed by atoms with E-state index in [0.717, 1.165) is 5.76 Å². The summed E-state index contributed by atoms with van der Waals surface area (Å²) < 4.78 is 5.13. The van der Waals surface area contributed by atoms with Gasteiger partial charge in [0.05, 0.1) is 0 Å². The van der Waals surface area contributed by atoms with E-state index in [-0.39, 0.29) is 5.91 Å². The molecule has 0 saturated heterocycles. The van der Waals surface area contributed by atoms with Gasteiger partial charge in [-0.2, -0.15) is 0 Å². The number of alkyl halides is 1. The molecular weight excluding hydrogens is 178 g/mol. The summed E-state index contributed by atoms with van der Waals surface area (Å²) in [5.41, 5.74) is 0. The SMILES string of the molecule is Cc1ccc(NC(=O)CCCl)o1. The minimum Gasteiger partial charge on any atom is -0.446 e. The molecule has 0 spiro atoms. The molecule has 0 aromatic carbocycles. The van der Waals surface area contributed by atoms with Crippen LogP contribution in [0.5, 0.6) is 0 Å². The van der Waals surface area contributed by atoms with Crippen LogP contribution in [0.1, 0.15) is 12.2 Å². The second-order valence-electron chi connectivity index (χ2n) is 2.40.